The number of hydrogen-bond acceptors (Lipinski definition) is 5. The number of nitrogens with zero attached hydrogens (tertiary/aromatic N) is 5. The highest BCUT2D eigenvalue weighted by Gasteiger charge is 2.50. The number of amides is 3. The van der Waals surface area contributed by atoms with Crippen LogP contribution in [0.1, 0.15) is 30.5 Å². The molecule has 0 spiro atoms. The highest BCUT2D eigenvalue weighted by atomic mass is 32.1. The molecule has 3 amide bonds. The third-order valence-corrected chi connectivity index (χ3v) is 6.20. The molecule has 2 saturated heterocycles. The van der Waals surface area contributed by atoms with Gasteiger partial charge in [-0.15, -0.1) is 0 Å². The van der Waals surface area contributed by atoms with Crippen LogP contribution < -0.4 is 15.1 Å². The number of aromatic nitrogens is 1. The molecule has 12 heteroatoms. The number of alkyl halides is 3. The van der Waals surface area contributed by atoms with Crippen LogP contribution in [-0.4, -0.2) is 45.6 Å². The maximum Gasteiger partial charge on any atom is 0.417 e. The molecule has 2 aromatic rings. The molecule has 34 heavy (non-hydrogen) atoms. The first-order valence-electron chi connectivity index (χ1n) is 10.2. The summed E-state index contributed by atoms with van der Waals surface area (Å²) in [4.78, 5) is 33.5. The molecule has 0 bridgehead atoms. The Labute approximate surface area is 198 Å². The quantitative estimate of drug-likeness (QED) is 0.664. The zero-order chi connectivity index (χ0) is 24.8. The maximum atomic E-state index is 13.4. The molecule has 1 N–H and O–H groups in total. The van der Waals surface area contributed by atoms with Crippen LogP contribution in [0.3, 0.4) is 0 Å². The highest BCUT2D eigenvalue weighted by molar-refractivity contribution is 7.80. The number of urea groups is 1. The number of thiocarbonyl (C=S) groups is 1. The number of benzene rings is 1. The number of rotatable bonds is 4. The number of carbonyl (C=O) groups is 2. The number of anilines is 2. The molecule has 0 aliphatic carbocycles. The van der Waals surface area contributed by atoms with Gasteiger partial charge < -0.3 is 10.2 Å². The minimum Gasteiger partial charge on any atom is -0.336 e. The summed E-state index contributed by atoms with van der Waals surface area (Å²) in [5.41, 5.74) is -2.18. The van der Waals surface area contributed by atoms with E-state index in [1.54, 1.807) is 37.1 Å². The van der Waals surface area contributed by atoms with E-state index in [-0.39, 0.29) is 23.4 Å². The van der Waals surface area contributed by atoms with E-state index in [1.807, 2.05) is 0 Å². The van der Waals surface area contributed by atoms with Gasteiger partial charge in [0.05, 0.1) is 22.9 Å². The van der Waals surface area contributed by atoms with Gasteiger partial charge >= 0.3 is 12.2 Å². The van der Waals surface area contributed by atoms with Gasteiger partial charge in [0.2, 0.25) is 0 Å². The molecule has 176 valence electrons. The third kappa shape index (κ3) is 3.92. The van der Waals surface area contributed by atoms with E-state index in [0.29, 0.717) is 24.5 Å². The second-order valence-electron chi connectivity index (χ2n) is 8.32. The van der Waals surface area contributed by atoms with E-state index in [9.17, 15) is 22.8 Å². The number of nitriles is 1. The summed E-state index contributed by atoms with van der Waals surface area (Å²) in [6, 6.07) is 7.79. The lowest BCUT2D eigenvalue weighted by atomic mass is 10.0. The van der Waals surface area contributed by atoms with Gasteiger partial charge in [-0.3, -0.25) is 14.6 Å². The van der Waals surface area contributed by atoms with E-state index in [2.05, 4.69) is 10.3 Å². The first-order valence-corrected chi connectivity index (χ1v) is 10.6. The second kappa shape index (κ2) is 8.25. The van der Waals surface area contributed by atoms with Crippen LogP contribution in [0.15, 0.2) is 36.5 Å². The minimum absolute atomic E-state index is 0.0378. The van der Waals surface area contributed by atoms with Gasteiger partial charge in [-0.1, -0.05) is 6.07 Å². The van der Waals surface area contributed by atoms with Gasteiger partial charge in [0.25, 0.3) is 5.91 Å². The van der Waals surface area contributed by atoms with E-state index in [0.717, 1.165) is 17.0 Å². The number of hydrogen-bond donors (Lipinski definition) is 1. The number of nitrogens with one attached hydrogen (secondary N) is 1. The molecule has 1 aromatic heterocycles. The van der Waals surface area contributed by atoms with Crippen LogP contribution in [0.4, 0.5) is 29.5 Å². The summed E-state index contributed by atoms with van der Waals surface area (Å²) in [5, 5.41) is 11.8. The normalized spacial score (nSPS) is 17.9. The fourth-order valence-corrected chi connectivity index (χ4v) is 4.36. The third-order valence-electron chi connectivity index (χ3n) is 5.79. The molecule has 2 aliphatic rings. The zero-order valence-electron chi connectivity index (χ0n) is 18.2. The average Bonchev–Trinajstić information content (AvgIpc) is 3.28. The summed E-state index contributed by atoms with van der Waals surface area (Å²) < 4.78 is 40.3. The van der Waals surface area contributed by atoms with Crippen LogP contribution in [0, 0.1) is 11.3 Å². The SMILES string of the molecule is CC1(C)C(=O)N(c2ccc(C#N)c(C(F)(F)F)c2)C(=S)N1Cc1ccc(N2CCNC2=O)nc1. The summed E-state index contributed by atoms with van der Waals surface area (Å²) >= 11 is 5.50. The predicted molar refractivity (Wildman–Crippen MR) is 121 cm³/mol. The molecule has 4 rings (SSSR count). The van der Waals surface area contributed by atoms with E-state index < -0.39 is 28.7 Å². The fourth-order valence-electron chi connectivity index (χ4n) is 3.87. The topological polar surface area (TPSA) is 92.6 Å². The molecule has 0 atom stereocenters. The van der Waals surface area contributed by atoms with Gasteiger partial charge in [-0.25, -0.2) is 9.78 Å². The molecular formula is C22H19F3N6O2S. The molecule has 0 radical (unpaired) electrons. The van der Waals surface area contributed by atoms with Crippen LogP contribution >= 0.6 is 12.2 Å². The van der Waals surface area contributed by atoms with Crippen LogP contribution in [0.25, 0.3) is 0 Å². The van der Waals surface area contributed by atoms with Crippen molar-refractivity contribution in [3.63, 3.8) is 0 Å². The van der Waals surface area contributed by atoms with E-state index >= 15 is 0 Å². The van der Waals surface area contributed by atoms with Crippen molar-refractivity contribution in [2.45, 2.75) is 32.1 Å². The van der Waals surface area contributed by atoms with Gasteiger partial charge in [0, 0.05) is 25.8 Å². The first kappa shape index (κ1) is 23.4. The summed E-state index contributed by atoms with van der Waals surface area (Å²) in [6.07, 6.45) is -3.20. The van der Waals surface area contributed by atoms with Crippen molar-refractivity contribution in [3.8, 4) is 6.07 Å². The molecule has 0 saturated carbocycles. The van der Waals surface area contributed by atoms with Crippen molar-refractivity contribution < 1.29 is 22.8 Å². The van der Waals surface area contributed by atoms with Crippen molar-refractivity contribution >= 4 is 40.8 Å². The van der Waals surface area contributed by atoms with Crippen LogP contribution in [0.5, 0.6) is 0 Å². The fraction of sp³-hybridized carbons (Fsp3) is 0.318. The van der Waals surface area contributed by atoms with Gasteiger partial charge in [-0.05, 0) is 55.9 Å². The standard InChI is InChI=1S/C22H19F3N6O2S/c1-21(2)18(32)31(15-5-4-14(10-26)16(9-15)22(23,24)25)20(34)30(21)12-13-3-6-17(28-11-13)29-8-7-27-19(29)33/h3-6,9,11H,7-8,12H2,1-2H3,(H,27,33). The lowest BCUT2D eigenvalue weighted by Crippen LogP contribution is -2.43. The van der Waals surface area contributed by atoms with Crippen molar-refractivity contribution in [1.29, 1.82) is 5.26 Å². The van der Waals surface area contributed by atoms with Gasteiger partial charge in [0.1, 0.15) is 11.4 Å². The Balaban J connectivity index is 1.62. The summed E-state index contributed by atoms with van der Waals surface area (Å²) in [5.74, 6) is -0.00868. The molecule has 2 fully saturated rings. The number of carbonyl (C=O) groups excluding carboxylic acids is 2. The van der Waals surface area contributed by atoms with Crippen molar-refractivity contribution in [2.24, 2.45) is 0 Å². The Hall–Kier alpha value is -3.72. The summed E-state index contributed by atoms with van der Waals surface area (Å²) in [7, 11) is 0. The highest BCUT2D eigenvalue weighted by Crippen LogP contribution is 2.38. The second-order valence-corrected chi connectivity index (χ2v) is 8.68. The smallest absolute Gasteiger partial charge is 0.336 e. The Morgan fingerprint density at radius 1 is 1.24 bits per heavy atom. The Morgan fingerprint density at radius 3 is 2.53 bits per heavy atom. The number of pyridine rings is 1. The lowest BCUT2D eigenvalue weighted by molar-refractivity contribution is -0.137. The van der Waals surface area contributed by atoms with Crippen molar-refractivity contribution in [1.82, 2.24) is 15.2 Å². The average molecular weight is 488 g/mol. The van der Waals surface area contributed by atoms with Crippen LogP contribution in [0.2, 0.25) is 0 Å². The maximum absolute atomic E-state index is 13.4. The zero-order valence-corrected chi connectivity index (χ0v) is 19.0. The van der Waals surface area contributed by atoms with Crippen molar-refractivity contribution in [2.75, 3.05) is 22.9 Å². The van der Waals surface area contributed by atoms with Crippen LogP contribution in [-0.2, 0) is 17.5 Å². The Kier molecular flexibility index (Phi) is 5.69. The van der Waals surface area contributed by atoms with E-state index in [4.69, 9.17) is 17.5 Å². The molecule has 2 aliphatic heterocycles. The van der Waals surface area contributed by atoms with Gasteiger partial charge in [-0.2, -0.15) is 18.4 Å². The Morgan fingerprint density at radius 2 is 1.97 bits per heavy atom. The van der Waals surface area contributed by atoms with Gasteiger partial charge in [0.15, 0.2) is 5.11 Å². The molecule has 1 aromatic carbocycles. The summed E-state index contributed by atoms with van der Waals surface area (Å²) in [6.45, 7) is 4.47. The van der Waals surface area contributed by atoms with E-state index in [1.165, 1.54) is 17.0 Å². The minimum atomic E-state index is -4.76. The van der Waals surface area contributed by atoms with Crippen molar-refractivity contribution in [3.05, 3.63) is 53.2 Å². The molecule has 0 unspecified atom stereocenters. The predicted octanol–water partition coefficient (Wildman–Crippen LogP) is 3.41. The number of halogens is 3. The largest absolute Gasteiger partial charge is 0.417 e. The monoisotopic (exact) mass is 488 g/mol. The Bertz CT molecular complexity index is 1220. The lowest BCUT2D eigenvalue weighted by Gasteiger charge is -2.29. The molecular weight excluding hydrogens is 469 g/mol. The first-order chi connectivity index (χ1) is 15.9. The molecule has 3 heterocycles. The molecule has 8 nitrogen and oxygen atoms in total.